The molecule has 0 aromatic heterocycles. The van der Waals surface area contributed by atoms with Crippen molar-refractivity contribution in [2.75, 3.05) is 19.7 Å². The van der Waals surface area contributed by atoms with E-state index in [0.29, 0.717) is 13.0 Å². The van der Waals surface area contributed by atoms with E-state index in [2.05, 4.69) is 10.6 Å². The van der Waals surface area contributed by atoms with Gasteiger partial charge in [-0.25, -0.2) is 4.79 Å². The van der Waals surface area contributed by atoms with Crippen LogP contribution in [0.25, 0.3) is 0 Å². The van der Waals surface area contributed by atoms with Crippen LogP contribution in [0.3, 0.4) is 0 Å². The van der Waals surface area contributed by atoms with E-state index in [4.69, 9.17) is 9.84 Å². The van der Waals surface area contributed by atoms with Gasteiger partial charge >= 0.3 is 12.0 Å². The van der Waals surface area contributed by atoms with Crippen LogP contribution in [0.5, 0.6) is 0 Å². The number of carbonyl (C=O) groups excluding carboxylic acids is 1. The van der Waals surface area contributed by atoms with Crippen LogP contribution in [0.15, 0.2) is 0 Å². The van der Waals surface area contributed by atoms with Crippen molar-refractivity contribution in [1.29, 1.82) is 0 Å². The maximum Gasteiger partial charge on any atom is 0.314 e. The van der Waals surface area contributed by atoms with E-state index in [-0.39, 0.29) is 18.2 Å². The average Bonchev–Trinajstić information content (AvgIpc) is 2.74. The van der Waals surface area contributed by atoms with Crippen LogP contribution < -0.4 is 10.6 Å². The lowest BCUT2D eigenvalue weighted by atomic mass is 10.0. The summed E-state index contributed by atoms with van der Waals surface area (Å²) in [6, 6.07) is -0.341. The number of hydrogen-bond donors (Lipinski definition) is 3. The summed E-state index contributed by atoms with van der Waals surface area (Å²) in [6.45, 7) is 5.08. The fourth-order valence-electron chi connectivity index (χ4n) is 1.93. The highest BCUT2D eigenvalue weighted by Crippen LogP contribution is 2.23. The minimum atomic E-state index is -0.885. The minimum Gasteiger partial charge on any atom is -0.481 e. The SMILES string of the molecule is CCC(CNC(=O)NCC1(C)CCCO1)C(=O)O. The lowest BCUT2D eigenvalue weighted by molar-refractivity contribution is -0.141. The molecule has 18 heavy (non-hydrogen) atoms. The van der Waals surface area contributed by atoms with Crippen LogP contribution in [-0.2, 0) is 9.53 Å². The zero-order valence-electron chi connectivity index (χ0n) is 11.0. The lowest BCUT2D eigenvalue weighted by Gasteiger charge is -2.23. The number of carboxylic acid groups (broad SMARTS) is 1. The van der Waals surface area contributed by atoms with Gasteiger partial charge in [-0.3, -0.25) is 4.79 Å². The molecule has 104 valence electrons. The maximum atomic E-state index is 11.5. The summed E-state index contributed by atoms with van der Waals surface area (Å²) in [5.74, 6) is -1.42. The van der Waals surface area contributed by atoms with Gasteiger partial charge in [0.1, 0.15) is 0 Å². The smallest absolute Gasteiger partial charge is 0.314 e. The first kappa shape index (κ1) is 14.8. The Kier molecular flexibility index (Phi) is 5.40. The van der Waals surface area contributed by atoms with E-state index in [1.807, 2.05) is 6.92 Å². The molecule has 2 amide bonds. The van der Waals surface area contributed by atoms with Gasteiger partial charge in [0.05, 0.1) is 11.5 Å². The molecule has 3 N–H and O–H groups in total. The molecule has 2 unspecified atom stereocenters. The highest BCUT2D eigenvalue weighted by molar-refractivity contribution is 5.75. The second-order valence-electron chi connectivity index (χ2n) is 4.91. The summed E-state index contributed by atoms with van der Waals surface area (Å²) < 4.78 is 5.54. The van der Waals surface area contributed by atoms with Crippen LogP contribution >= 0.6 is 0 Å². The Hall–Kier alpha value is -1.30. The fourth-order valence-corrected chi connectivity index (χ4v) is 1.93. The number of aliphatic carboxylic acids is 1. The molecule has 0 aliphatic carbocycles. The Morgan fingerprint density at radius 3 is 2.67 bits per heavy atom. The maximum absolute atomic E-state index is 11.5. The Bertz CT molecular complexity index is 300. The number of urea groups is 1. The van der Waals surface area contributed by atoms with Gasteiger partial charge in [-0.15, -0.1) is 0 Å². The molecule has 6 heteroatoms. The number of amides is 2. The molecule has 0 spiro atoms. The van der Waals surface area contributed by atoms with Crippen molar-refractivity contribution in [3.63, 3.8) is 0 Å². The minimum absolute atomic E-state index is 0.148. The molecule has 0 aromatic carbocycles. The lowest BCUT2D eigenvalue weighted by Crippen LogP contribution is -2.46. The summed E-state index contributed by atoms with van der Waals surface area (Å²) in [5.41, 5.74) is -0.283. The summed E-state index contributed by atoms with van der Waals surface area (Å²) in [7, 11) is 0. The normalized spacial score (nSPS) is 24.6. The quantitative estimate of drug-likeness (QED) is 0.662. The zero-order valence-corrected chi connectivity index (χ0v) is 11.0. The average molecular weight is 258 g/mol. The number of carbonyl (C=O) groups is 2. The van der Waals surface area contributed by atoms with Crippen molar-refractivity contribution < 1.29 is 19.4 Å². The van der Waals surface area contributed by atoms with Gasteiger partial charge in [0.2, 0.25) is 0 Å². The molecule has 0 saturated carbocycles. The van der Waals surface area contributed by atoms with Gasteiger partial charge in [-0.1, -0.05) is 6.92 Å². The predicted molar refractivity (Wildman–Crippen MR) is 66.4 cm³/mol. The summed E-state index contributed by atoms with van der Waals surface area (Å²) >= 11 is 0. The van der Waals surface area contributed by atoms with Crippen molar-refractivity contribution >= 4 is 12.0 Å². The van der Waals surface area contributed by atoms with Gasteiger partial charge < -0.3 is 20.5 Å². The van der Waals surface area contributed by atoms with Crippen molar-refractivity contribution in [2.24, 2.45) is 5.92 Å². The Balaban J connectivity index is 2.23. The van der Waals surface area contributed by atoms with E-state index in [9.17, 15) is 9.59 Å². The molecule has 1 heterocycles. The van der Waals surface area contributed by atoms with Crippen molar-refractivity contribution in [1.82, 2.24) is 10.6 Å². The van der Waals surface area contributed by atoms with Crippen molar-refractivity contribution in [2.45, 2.75) is 38.7 Å². The molecule has 1 aliphatic heterocycles. The largest absolute Gasteiger partial charge is 0.481 e. The third-order valence-corrected chi connectivity index (χ3v) is 3.27. The first-order valence-corrected chi connectivity index (χ1v) is 6.35. The van der Waals surface area contributed by atoms with E-state index < -0.39 is 11.9 Å². The van der Waals surface area contributed by atoms with E-state index in [0.717, 1.165) is 19.4 Å². The second-order valence-corrected chi connectivity index (χ2v) is 4.91. The molecule has 2 atom stereocenters. The third kappa shape index (κ3) is 4.52. The Labute approximate surface area is 107 Å². The van der Waals surface area contributed by atoms with Gasteiger partial charge in [0.25, 0.3) is 0 Å². The standard InChI is InChI=1S/C12H22N2O4/c1-3-9(10(15)16)7-13-11(17)14-8-12(2)5-4-6-18-12/h9H,3-8H2,1-2H3,(H,15,16)(H2,13,14,17). The van der Waals surface area contributed by atoms with Gasteiger partial charge in [0, 0.05) is 19.7 Å². The number of rotatable bonds is 6. The highest BCUT2D eigenvalue weighted by atomic mass is 16.5. The van der Waals surface area contributed by atoms with Crippen LogP contribution in [-0.4, -0.2) is 42.4 Å². The van der Waals surface area contributed by atoms with Crippen LogP contribution in [0.1, 0.15) is 33.1 Å². The molecule has 1 fully saturated rings. The first-order valence-electron chi connectivity index (χ1n) is 6.35. The summed E-state index contributed by atoms with van der Waals surface area (Å²) in [4.78, 5) is 22.3. The van der Waals surface area contributed by atoms with Crippen LogP contribution in [0, 0.1) is 5.92 Å². The number of nitrogens with one attached hydrogen (secondary N) is 2. The molecular weight excluding hydrogens is 236 g/mol. The molecule has 1 aliphatic rings. The van der Waals surface area contributed by atoms with E-state index >= 15 is 0 Å². The molecule has 1 rings (SSSR count). The predicted octanol–water partition coefficient (Wildman–Crippen LogP) is 0.965. The monoisotopic (exact) mass is 258 g/mol. The van der Waals surface area contributed by atoms with Gasteiger partial charge in [-0.2, -0.15) is 0 Å². The summed E-state index contributed by atoms with van der Waals surface area (Å²) in [6.07, 6.45) is 2.44. The topological polar surface area (TPSA) is 87.7 Å². The second kappa shape index (κ2) is 6.58. The number of ether oxygens (including phenoxy) is 1. The van der Waals surface area contributed by atoms with Crippen molar-refractivity contribution in [3.8, 4) is 0 Å². The highest BCUT2D eigenvalue weighted by Gasteiger charge is 2.30. The third-order valence-electron chi connectivity index (χ3n) is 3.27. The number of hydrogen-bond acceptors (Lipinski definition) is 3. The Morgan fingerprint density at radius 2 is 2.17 bits per heavy atom. The van der Waals surface area contributed by atoms with E-state index in [1.54, 1.807) is 6.92 Å². The Morgan fingerprint density at radius 1 is 1.44 bits per heavy atom. The van der Waals surface area contributed by atoms with Crippen LogP contribution in [0.4, 0.5) is 4.79 Å². The zero-order chi connectivity index (χ0) is 13.6. The first-order chi connectivity index (χ1) is 8.47. The molecule has 1 saturated heterocycles. The van der Waals surface area contributed by atoms with E-state index in [1.165, 1.54) is 0 Å². The molecule has 0 bridgehead atoms. The molecular formula is C12H22N2O4. The van der Waals surface area contributed by atoms with Gasteiger partial charge in [-0.05, 0) is 26.2 Å². The summed E-state index contributed by atoms with van der Waals surface area (Å²) in [5, 5.41) is 14.1. The fraction of sp³-hybridized carbons (Fsp3) is 0.833. The van der Waals surface area contributed by atoms with Gasteiger partial charge in [0.15, 0.2) is 0 Å². The molecule has 6 nitrogen and oxygen atoms in total. The number of carboxylic acids is 1. The molecule has 0 aromatic rings. The van der Waals surface area contributed by atoms with Crippen LogP contribution in [0.2, 0.25) is 0 Å². The molecule has 0 radical (unpaired) electrons. The van der Waals surface area contributed by atoms with Crippen molar-refractivity contribution in [3.05, 3.63) is 0 Å².